The molecule has 6 nitrogen and oxygen atoms in total. The average Bonchev–Trinajstić information content (AvgIpc) is 2.60. The lowest BCUT2D eigenvalue weighted by Gasteiger charge is -2.01. The molecule has 2 heterocycles. The van der Waals surface area contributed by atoms with E-state index in [4.69, 9.17) is 10.9 Å². The Morgan fingerprint density at radius 1 is 1.53 bits per heavy atom. The first-order valence-electron chi connectivity index (χ1n) is 4.47. The van der Waals surface area contributed by atoms with Crippen molar-refractivity contribution in [2.24, 2.45) is 10.9 Å². The number of nitrogens with two attached hydrogens (primary N) is 1. The Bertz CT molecular complexity index is 516. The quantitative estimate of drug-likeness (QED) is 0.320. The van der Waals surface area contributed by atoms with Gasteiger partial charge in [0.2, 0.25) is 0 Å². The van der Waals surface area contributed by atoms with Crippen molar-refractivity contribution in [3.8, 4) is 0 Å². The first-order chi connectivity index (χ1) is 7.20. The van der Waals surface area contributed by atoms with Crippen LogP contribution in [0.4, 0.5) is 0 Å². The highest BCUT2D eigenvalue weighted by atomic mass is 16.4. The summed E-state index contributed by atoms with van der Waals surface area (Å²) in [6.45, 7) is 1.87. The van der Waals surface area contributed by atoms with E-state index in [0.717, 1.165) is 17.0 Å². The van der Waals surface area contributed by atoms with Gasteiger partial charge in [-0.2, -0.15) is 0 Å². The summed E-state index contributed by atoms with van der Waals surface area (Å²) in [4.78, 5) is 0. The zero-order chi connectivity index (χ0) is 10.8. The molecule has 0 unspecified atom stereocenters. The number of fused-ring (bicyclic) bond motifs is 1. The number of rotatable bonds is 2. The third kappa shape index (κ3) is 1.74. The van der Waals surface area contributed by atoms with Gasteiger partial charge in [-0.1, -0.05) is 11.2 Å². The summed E-state index contributed by atoms with van der Waals surface area (Å²) >= 11 is 0. The van der Waals surface area contributed by atoms with Crippen LogP contribution < -0.4 is 5.73 Å². The maximum Gasteiger partial charge on any atom is 0.160 e. The van der Waals surface area contributed by atoms with Crippen molar-refractivity contribution < 1.29 is 5.21 Å². The van der Waals surface area contributed by atoms with Crippen molar-refractivity contribution >= 4 is 11.5 Å². The molecule has 0 fully saturated rings. The topological polar surface area (TPSA) is 88.8 Å². The second-order valence-electron chi connectivity index (χ2n) is 3.28. The van der Waals surface area contributed by atoms with E-state index in [2.05, 4.69) is 15.4 Å². The fourth-order valence-corrected chi connectivity index (χ4v) is 1.40. The molecular formula is C9H11N5O. The van der Waals surface area contributed by atoms with Gasteiger partial charge in [-0.25, -0.2) is 0 Å². The van der Waals surface area contributed by atoms with Gasteiger partial charge >= 0.3 is 0 Å². The van der Waals surface area contributed by atoms with Crippen molar-refractivity contribution in [1.29, 1.82) is 0 Å². The largest absolute Gasteiger partial charge is 0.409 e. The van der Waals surface area contributed by atoms with Gasteiger partial charge in [0.25, 0.3) is 0 Å². The summed E-state index contributed by atoms with van der Waals surface area (Å²) in [7, 11) is 0. The second kappa shape index (κ2) is 3.56. The summed E-state index contributed by atoms with van der Waals surface area (Å²) in [6.07, 6.45) is 2.28. The number of hydrogen-bond acceptors (Lipinski definition) is 4. The molecule has 15 heavy (non-hydrogen) atoms. The minimum absolute atomic E-state index is 0.181. The summed E-state index contributed by atoms with van der Waals surface area (Å²) in [5.41, 5.74) is 7.15. The molecule has 0 aromatic carbocycles. The van der Waals surface area contributed by atoms with Crippen LogP contribution in [0.3, 0.4) is 0 Å². The Kier molecular flexibility index (Phi) is 2.24. The first kappa shape index (κ1) is 9.45. The van der Waals surface area contributed by atoms with E-state index < -0.39 is 0 Å². The smallest absolute Gasteiger partial charge is 0.160 e. The van der Waals surface area contributed by atoms with Crippen LogP contribution in [0.2, 0.25) is 0 Å². The number of aromatic nitrogens is 3. The Labute approximate surface area is 86.0 Å². The summed E-state index contributed by atoms with van der Waals surface area (Å²) < 4.78 is 1.86. The van der Waals surface area contributed by atoms with Gasteiger partial charge in [0.1, 0.15) is 11.7 Å². The van der Waals surface area contributed by atoms with Crippen LogP contribution in [0.25, 0.3) is 5.65 Å². The lowest BCUT2D eigenvalue weighted by Crippen LogP contribution is -2.14. The standard InChI is InChI=1S/C9H11N5O/c1-6-11-12-9-3-2-7(5-14(6)9)4-8(10)13-15/h2-3,5,15H,4H2,1H3,(H2,10,13). The molecule has 0 aliphatic carbocycles. The maximum atomic E-state index is 8.46. The highest BCUT2D eigenvalue weighted by Gasteiger charge is 2.03. The van der Waals surface area contributed by atoms with E-state index in [1.807, 2.05) is 29.7 Å². The van der Waals surface area contributed by atoms with Gasteiger partial charge < -0.3 is 10.9 Å². The number of pyridine rings is 1. The molecule has 0 bridgehead atoms. The van der Waals surface area contributed by atoms with Crippen molar-refractivity contribution in [3.05, 3.63) is 29.7 Å². The second-order valence-corrected chi connectivity index (χ2v) is 3.28. The van der Waals surface area contributed by atoms with Crippen LogP contribution in [0.15, 0.2) is 23.5 Å². The minimum atomic E-state index is 0.181. The number of aryl methyl sites for hydroxylation is 1. The monoisotopic (exact) mass is 205 g/mol. The molecule has 0 saturated carbocycles. The third-order valence-electron chi connectivity index (χ3n) is 2.15. The fourth-order valence-electron chi connectivity index (χ4n) is 1.40. The van der Waals surface area contributed by atoms with Crippen LogP contribution in [-0.4, -0.2) is 25.6 Å². The molecule has 0 spiro atoms. The molecule has 3 N–H and O–H groups in total. The fraction of sp³-hybridized carbons (Fsp3) is 0.222. The van der Waals surface area contributed by atoms with Gasteiger partial charge in [-0.05, 0) is 18.6 Å². The van der Waals surface area contributed by atoms with Gasteiger partial charge in [0.15, 0.2) is 5.65 Å². The van der Waals surface area contributed by atoms with Crippen LogP contribution in [0.1, 0.15) is 11.4 Å². The molecule has 0 radical (unpaired) electrons. The lowest BCUT2D eigenvalue weighted by atomic mass is 10.2. The van der Waals surface area contributed by atoms with Gasteiger partial charge in [0.05, 0.1) is 0 Å². The van der Waals surface area contributed by atoms with Crippen LogP contribution in [0.5, 0.6) is 0 Å². The summed E-state index contributed by atoms with van der Waals surface area (Å²) in [5, 5.41) is 19.3. The Hall–Kier alpha value is -2.11. The van der Waals surface area contributed by atoms with Gasteiger partial charge in [-0.3, -0.25) is 4.40 Å². The summed E-state index contributed by atoms with van der Waals surface area (Å²) in [5.74, 6) is 0.992. The molecular weight excluding hydrogens is 194 g/mol. The number of oxime groups is 1. The van der Waals surface area contributed by atoms with E-state index in [1.165, 1.54) is 0 Å². The highest BCUT2D eigenvalue weighted by Crippen LogP contribution is 2.06. The minimum Gasteiger partial charge on any atom is -0.409 e. The van der Waals surface area contributed by atoms with Crippen molar-refractivity contribution in [2.75, 3.05) is 0 Å². The molecule has 0 aliphatic rings. The summed E-state index contributed by atoms with van der Waals surface area (Å²) in [6, 6.07) is 3.72. The van der Waals surface area contributed by atoms with E-state index in [0.29, 0.717) is 6.42 Å². The van der Waals surface area contributed by atoms with E-state index in [-0.39, 0.29) is 5.84 Å². The predicted molar refractivity (Wildman–Crippen MR) is 54.8 cm³/mol. The predicted octanol–water partition coefficient (Wildman–Crippen LogP) is 0.327. The maximum absolute atomic E-state index is 8.46. The third-order valence-corrected chi connectivity index (χ3v) is 2.15. The molecule has 2 aromatic rings. The molecule has 0 saturated heterocycles. The van der Waals surface area contributed by atoms with Crippen LogP contribution in [-0.2, 0) is 6.42 Å². The SMILES string of the molecule is Cc1nnc2ccc(C/C(N)=N/O)cn12. The molecule has 2 rings (SSSR count). The normalized spacial score (nSPS) is 12.2. The van der Waals surface area contributed by atoms with E-state index >= 15 is 0 Å². The number of nitrogens with zero attached hydrogens (tertiary/aromatic N) is 4. The highest BCUT2D eigenvalue weighted by molar-refractivity contribution is 5.82. The molecule has 78 valence electrons. The Morgan fingerprint density at radius 3 is 3.07 bits per heavy atom. The van der Waals surface area contributed by atoms with Crippen molar-refractivity contribution in [3.63, 3.8) is 0 Å². The number of hydrogen-bond donors (Lipinski definition) is 2. The van der Waals surface area contributed by atoms with Crippen LogP contribution >= 0.6 is 0 Å². The van der Waals surface area contributed by atoms with Gasteiger partial charge in [-0.15, -0.1) is 10.2 Å². The lowest BCUT2D eigenvalue weighted by molar-refractivity contribution is 0.317. The number of amidine groups is 1. The van der Waals surface area contributed by atoms with Crippen molar-refractivity contribution in [2.45, 2.75) is 13.3 Å². The average molecular weight is 205 g/mol. The zero-order valence-corrected chi connectivity index (χ0v) is 8.25. The first-order valence-corrected chi connectivity index (χ1v) is 4.47. The van der Waals surface area contributed by atoms with Gasteiger partial charge in [0, 0.05) is 12.6 Å². The molecule has 0 atom stereocenters. The van der Waals surface area contributed by atoms with Crippen molar-refractivity contribution in [1.82, 2.24) is 14.6 Å². The molecule has 0 amide bonds. The van der Waals surface area contributed by atoms with Crippen LogP contribution in [0, 0.1) is 6.92 Å². The molecule has 2 aromatic heterocycles. The molecule has 0 aliphatic heterocycles. The Balaban J connectivity index is 2.41. The van der Waals surface area contributed by atoms with E-state index in [9.17, 15) is 0 Å². The molecule has 6 heteroatoms. The van der Waals surface area contributed by atoms with E-state index in [1.54, 1.807) is 0 Å². The Morgan fingerprint density at radius 2 is 2.33 bits per heavy atom. The zero-order valence-electron chi connectivity index (χ0n) is 8.25.